The minimum absolute atomic E-state index is 0.0413. The van der Waals surface area contributed by atoms with Crippen molar-refractivity contribution in [1.29, 1.82) is 0 Å². The molecule has 0 saturated heterocycles. The molecule has 33 heavy (non-hydrogen) atoms. The van der Waals surface area contributed by atoms with Gasteiger partial charge in [0.05, 0.1) is 34.5 Å². The zero-order chi connectivity index (χ0) is 23.2. The molecule has 8 nitrogen and oxygen atoms in total. The number of non-ortho nitro benzene ring substituents is 1. The maximum Gasteiger partial charge on any atom is 0.270 e. The number of hydrazone groups is 1. The fraction of sp³-hybridized carbons (Fsp3) is 0.0870. The van der Waals surface area contributed by atoms with E-state index in [9.17, 15) is 14.9 Å². The summed E-state index contributed by atoms with van der Waals surface area (Å²) in [6.07, 6.45) is 1.37. The molecule has 0 saturated carbocycles. The molecule has 1 aromatic heterocycles. The van der Waals surface area contributed by atoms with Crippen LogP contribution in [0.3, 0.4) is 0 Å². The number of aromatic nitrogens is 2. The molecule has 166 valence electrons. The van der Waals surface area contributed by atoms with E-state index in [2.05, 4.69) is 20.1 Å². The number of benzene rings is 3. The standard InChI is InChI=1S/C23H18ClN5O3S/c24-18-10-8-16(9-11-18)14-28-21-7-2-1-6-20(21)26-23(28)33-15-22(30)27-25-13-17-4-3-5-19(12-17)29(31)32/h1-13H,14-15H2,(H,27,30). The van der Waals surface area contributed by atoms with E-state index < -0.39 is 4.92 Å². The number of nitrogens with zero attached hydrogens (tertiary/aromatic N) is 4. The predicted molar refractivity (Wildman–Crippen MR) is 130 cm³/mol. The zero-order valence-electron chi connectivity index (χ0n) is 17.2. The number of carbonyl (C=O) groups excluding carboxylic acids is 1. The van der Waals surface area contributed by atoms with Crippen molar-refractivity contribution in [1.82, 2.24) is 15.0 Å². The number of nitro groups is 1. The maximum atomic E-state index is 12.3. The van der Waals surface area contributed by atoms with Gasteiger partial charge in [-0.15, -0.1) is 0 Å². The highest BCUT2D eigenvalue weighted by atomic mass is 35.5. The van der Waals surface area contributed by atoms with E-state index in [1.165, 1.54) is 30.1 Å². The van der Waals surface area contributed by atoms with Crippen LogP contribution in [0.25, 0.3) is 11.0 Å². The molecular formula is C23H18ClN5O3S. The summed E-state index contributed by atoms with van der Waals surface area (Å²) in [6, 6.07) is 21.4. The molecule has 0 radical (unpaired) electrons. The molecule has 0 bridgehead atoms. The van der Waals surface area contributed by atoms with Crippen LogP contribution in [0.2, 0.25) is 5.02 Å². The van der Waals surface area contributed by atoms with Crippen molar-refractivity contribution in [2.75, 3.05) is 5.75 Å². The third-order valence-corrected chi connectivity index (χ3v) is 5.92. The van der Waals surface area contributed by atoms with Gasteiger partial charge >= 0.3 is 0 Å². The monoisotopic (exact) mass is 479 g/mol. The molecular weight excluding hydrogens is 462 g/mol. The van der Waals surface area contributed by atoms with Crippen LogP contribution in [0, 0.1) is 10.1 Å². The third-order valence-electron chi connectivity index (χ3n) is 4.69. The van der Waals surface area contributed by atoms with Gasteiger partial charge in [-0.3, -0.25) is 14.9 Å². The SMILES string of the molecule is O=C(CSc1nc2ccccc2n1Cc1ccc(Cl)cc1)NN=Cc1cccc([N+](=O)[O-])c1. The molecule has 4 rings (SSSR count). The molecule has 0 unspecified atom stereocenters. The summed E-state index contributed by atoms with van der Waals surface area (Å²) in [5.74, 6) is -0.206. The minimum atomic E-state index is -0.483. The Hall–Kier alpha value is -3.69. The lowest BCUT2D eigenvalue weighted by molar-refractivity contribution is -0.384. The van der Waals surface area contributed by atoms with Gasteiger partial charge in [-0.05, 0) is 29.8 Å². The first-order valence-electron chi connectivity index (χ1n) is 9.88. The molecule has 0 atom stereocenters. The lowest BCUT2D eigenvalue weighted by atomic mass is 10.2. The Morgan fingerprint density at radius 2 is 1.94 bits per heavy atom. The fourth-order valence-corrected chi connectivity index (χ4v) is 4.08. The van der Waals surface area contributed by atoms with Gasteiger partial charge in [-0.1, -0.05) is 59.8 Å². The number of amides is 1. The topological polar surface area (TPSA) is 102 Å². The van der Waals surface area contributed by atoms with Crippen LogP contribution in [0.5, 0.6) is 0 Å². The van der Waals surface area contributed by atoms with E-state index in [-0.39, 0.29) is 17.3 Å². The summed E-state index contributed by atoms with van der Waals surface area (Å²) in [4.78, 5) is 27.3. The highest BCUT2D eigenvalue weighted by Gasteiger charge is 2.13. The van der Waals surface area contributed by atoms with E-state index in [0.717, 1.165) is 16.6 Å². The summed E-state index contributed by atoms with van der Waals surface area (Å²) in [5, 5.41) is 16.1. The molecule has 1 N–H and O–H groups in total. The molecule has 10 heteroatoms. The maximum absolute atomic E-state index is 12.3. The van der Waals surface area contributed by atoms with E-state index in [0.29, 0.717) is 22.3 Å². The number of para-hydroxylation sites is 2. The molecule has 0 aliphatic rings. The van der Waals surface area contributed by atoms with Crippen LogP contribution in [-0.4, -0.2) is 32.3 Å². The number of carbonyl (C=O) groups is 1. The van der Waals surface area contributed by atoms with Crippen LogP contribution in [-0.2, 0) is 11.3 Å². The molecule has 0 aliphatic carbocycles. The van der Waals surface area contributed by atoms with Gasteiger partial charge < -0.3 is 4.57 Å². The van der Waals surface area contributed by atoms with E-state index >= 15 is 0 Å². The second kappa shape index (κ2) is 10.3. The van der Waals surface area contributed by atoms with Crippen LogP contribution >= 0.6 is 23.4 Å². The molecule has 0 spiro atoms. The molecule has 0 fully saturated rings. The van der Waals surface area contributed by atoms with Gasteiger partial charge in [0.15, 0.2) is 5.16 Å². The van der Waals surface area contributed by atoms with Crippen molar-refractivity contribution in [2.45, 2.75) is 11.7 Å². The Bertz CT molecular complexity index is 1340. The lowest BCUT2D eigenvalue weighted by Crippen LogP contribution is -2.20. The first-order valence-corrected chi connectivity index (χ1v) is 11.2. The van der Waals surface area contributed by atoms with Crippen molar-refractivity contribution in [2.24, 2.45) is 5.10 Å². The van der Waals surface area contributed by atoms with Crippen molar-refractivity contribution in [3.63, 3.8) is 0 Å². The average molecular weight is 480 g/mol. The number of fused-ring (bicyclic) bond motifs is 1. The quantitative estimate of drug-likeness (QED) is 0.168. The number of halogens is 1. The van der Waals surface area contributed by atoms with Crippen molar-refractivity contribution in [3.8, 4) is 0 Å². The molecule has 1 heterocycles. The number of rotatable bonds is 8. The van der Waals surface area contributed by atoms with E-state index in [1.807, 2.05) is 48.5 Å². The molecule has 3 aromatic carbocycles. The largest absolute Gasteiger partial charge is 0.314 e. The Morgan fingerprint density at radius 1 is 1.15 bits per heavy atom. The molecule has 1 amide bonds. The highest BCUT2D eigenvalue weighted by molar-refractivity contribution is 7.99. The normalized spacial score (nSPS) is 11.2. The second-order valence-electron chi connectivity index (χ2n) is 7.03. The summed E-state index contributed by atoms with van der Waals surface area (Å²) in [5.41, 5.74) is 5.80. The highest BCUT2D eigenvalue weighted by Crippen LogP contribution is 2.25. The Balaban J connectivity index is 1.43. The molecule has 0 aliphatic heterocycles. The van der Waals surface area contributed by atoms with Gasteiger partial charge in [0.25, 0.3) is 11.6 Å². The number of nitro benzene ring substituents is 1. The summed E-state index contributed by atoms with van der Waals surface area (Å²) < 4.78 is 2.06. The Kier molecular flexibility index (Phi) is 7.01. The van der Waals surface area contributed by atoms with E-state index in [4.69, 9.17) is 11.6 Å². The third kappa shape index (κ3) is 5.76. The zero-order valence-corrected chi connectivity index (χ0v) is 18.8. The number of nitrogens with one attached hydrogen (secondary N) is 1. The first kappa shape index (κ1) is 22.5. The number of thioether (sulfide) groups is 1. The van der Waals surface area contributed by atoms with Crippen molar-refractivity contribution >= 4 is 52.2 Å². The van der Waals surface area contributed by atoms with Gasteiger partial charge in [0.2, 0.25) is 0 Å². The molecule has 4 aromatic rings. The van der Waals surface area contributed by atoms with Crippen LogP contribution in [0.15, 0.2) is 83.1 Å². The number of hydrogen-bond donors (Lipinski definition) is 1. The summed E-state index contributed by atoms with van der Waals surface area (Å²) >= 11 is 7.30. The predicted octanol–water partition coefficient (Wildman–Crippen LogP) is 4.89. The van der Waals surface area contributed by atoms with Crippen molar-refractivity contribution in [3.05, 3.63) is 99.1 Å². The minimum Gasteiger partial charge on any atom is -0.314 e. The van der Waals surface area contributed by atoms with Gasteiger partial charge in [0, 0.05) is 22.7 Å². The van der Waals surface area contributed by atoms with Gasteiger partial charge in [0.1, 0.15) is 0 Å². The van der Waals surface area contributed by atoms with Crippen LogP contribution in [0.4, 0.5) is 5.69 Å². The first-order chi connectivity index (χ1) is 16.0. The second-order valence-corrected chi connectivity index (χ2v) is 8.41. The number of hydrogen-bond acceptors (Lipinski definition) is 6. The summed E-state index contributed by atoms with van der Waals surface area (Å²) in [6.45, 7) is 0.590. The number of imidazole rings is 1. The Labute approximate surface area is 198 Å². The Morgan fingerprint density at radius 3 is 2.73 bits per heavy atom. The fourth-order valence-electron chi connectivity index (χ4n) is 3.15. The van der Waals surface area contributed by atoms with Crippen LogP contribution < -0.4 is 5.43 Å². The van der Waals surface area contributed by atoms with E-state index in [1.54, 1.807) is 12.1 Å². The van der Waals surface area contributed by atoms with Crippen LogP contribution in [0.1, 0.15) is 11.1 Å². The summed E-state index contributed by atoms with van der Waals surface area (Å²) in [7, 11) is 0. The smallest absolute Gasteiger partial charge is 0.270 e. The van der Waals surface area contributed by atoms with Gasteiger partial charge in [-0.25, -0.2) is 10.4 Å². The van der Waals surface area contributed by atoms with Crippen molar-refractivity contribution < 1.29 is 9.72 Å². The van der Waals surface area contributed by atoms with Gasteiger partial charge in [-0.2, -0.15) is 5.10 Å². The average Bonchev–Trinajstić information content (AvgIpc) is 3.16. The lowest BCUT2D eigenvalue weighted by Gasteiger charge is -2.09.